The average Bonchev–Trinajstić information content (AvgIpc) is 3.09. The van der Waals surface area contributed by atoms with E-state index in [1.54, 1.807) is 17.5 Å². The predicted molar refractivity (Wildman–Crippen MR) is 106 cm³/mol. The van der Waals surface area contributed by atoms with Crippen molar-refractivity contribution < 1.29 is 4.79 Å². The molecule has 0 aromatic carbocycles. The Bertz CT molecular complexity index is 715. The lowest BCUT2D eigenvalue weighted by atomic mass is 9.96. The molecule has 6 heteroatoms. The van der Waals surface area contributed by atoms with Crippen molar-refractivity contribution in [2.45, 2.75) is 33.6 Å². The van der Waals surface area contributed by atoms with Crippen LogP contribution in [0.1, 0.15) is 32.9 Å². The van der Waals surface area contributed by atoms with Crippen LogP contribution in [0, 0.1) is 5.41 Å². The molecular weight excluding hydrogens is 344 g/mol. The first kappa shape index (κ1) is 19.0. The van der Waals surface area contributed by atoms with E-state index in [0.717, 1.165) is 49.1 Å². The zero-order valence-electron chi connectivity index (χ0n) is 15.9. The number of amides is 1. The van der Waals surface area contributed by atoms with Gasteiger partial charge in [0.1, 0.15) is 5.01 Å². The highest BCUT2D eigenvalue weighted by Gasteiger charge is 2.24. The van der Waals surface area contributed by atoms with E-state index >= 15 is 0 Å². The molecule has 1 aliphatic rings. The molecule has 0 bridgehead atoms. The third-order valence-electron chi connectivity index (χ3n) is 4.45. The highest BCUT2D eigenvalue weighted by Crippen LogP contribution is 2.22. The molecule has 1 amide bonds. The molecule has 1 saturated heterocycles. The molecule has 3 rings (SSSR count). The smallest absolute Gasteiger partial charge is 0.223 e. The molecule has 5 nitrogen and oxygen atoms in total. The van der Waals surface area contributed by atoms with Crippen LogP contribution in [0.3, 0.4) is 0 Å². The van der Waals surface area contributed by atoms with Gasteiger partial charge in [-0.3, -0.25) is 14.7 Å². The molecule has 2 aromatic rings. The van der Waals surface area contributed by atoms with Crippen molar-refractivity contribution in [2.24, 2.45) is 5.41 Å². The number of hydrogen-bond acceptors (Lipinski definition) is 5. The summed E-state index contributed by atoms with van der Waals surface area (Å²) in [7, 11) is 0. The van der Waals surface area contributed by atoms with Gasteiger partial charge in [-0.25, -0.2) is 4.98 Å². The summed E-state index contributed by atoms with van der Waals surface area (Å²) in [4.78, 5) is 25.9. The van der Waals surface area contributed by atoms with Gasteiger partial charge in [0, 0.05) is 50.7 Å². The maximum absolute atomic E-state index is 12.5. The second-order valence-corrected chi connectivity index (χ2v) is 8.93. The molecule has 140 valence electrons. The Balaban J connectivity index is 1.46. The molecule has 1 fully saturated rings. The standard InChI is InChI=1S/C20H28N4OS/c1-20(2,3)15-23-10-12-24(13-11-23)18(25)8-7-16-14-26-19(22-16)17-6-4-5-9-21-17/h4-6,9,14H,7-8,10-13,15H2,1-3H3. The van der Waals surface area contributed by atoms with E-state index in [9.17, 15) is 4.79 Å². The maximum atomic E-state index is 12.5. The Hall–Kier alpha value is -1.79. The van der Waals surface area contributed by atoms with E-state index in [1.807, 2.05) is 28.5 Å². The summed E-state index contributed by atoms with van der Waals surface area (Å²) in [5, 5.41) is 2.96. The van der Waals surface area contributed by atoms with Crippen molar-refractivity contribution >= 4 is 17.2 Å². The van der Waals surface area contributed by atoms with Gasteiger partial charge < -0.3 is 4.90 Å². The molecule has 1 aliphatic heterocycles. The van der Waals surface area contributed by atoms with Crippen LogP contribution in [0.25, 0.3) is 10.7 Å². The van der Waals surface area contributed by atoms with Crippen LogP contribution >= 0.6 is 11.3 Å². The maximum Gasteiger partial charge on any atom is 0.223 e. The Kier molecular flexibility index (Phi) is 6.04. The van der Waals surface area contributed by atoms with Gasteiger partial charge in [-0.15, -0.1) is 11.3 Å². The van der Waals surface area contributed by atoms with Crippen molar-refractivity contribution in [3.63, 3.8) is 0 Å². The Morgan fingerprint density at radius 2 is 1.96 bits per heavy atom. The first-order chi connectivity index (χ1) is 12.4. The van der Waals surface area contributed by atoms with Crippen LogP contribution in [0.15, 0.2) is 29.8 Å². The number of hydrogen-bond donors (Lipinski definition) is 0. The van der Waals surface area contributed by atoms with Crippen molar-refractivity contribution in [1.82, 2.24) is 19.8 Å². The van der Waals surface area contributed by atoms with E-state index < -0.39 is 0 Å². The van der Waals surface area contributed by atoms with Gasteiger partial charge in [0.25, 0.3) is 0 Å². The molecular formula is C20H28N4OS. The van der Waals surface area contributed by atoms with Crippen molar-refractivity contribution in [2.75, 3.05) is 32.7 Å². The van der Waals surface area contributed by atoms with Gasteiger partial charge in [0.15, 0.2) is 0 Å². The van der Waals surface area contributed by atoms with Crippen molar-refractivity contribution in [1.29, 1.82) is 0 Å². The van der Waals surface area contributed by atoms with Crippen molar-refractivity contribution in [3.8, 4) is 10.7 Å². The minimum atomic E-state index is 0.243. The Morgan fingerprint density at radius 3 is 2.62 bits per heavy atom. The van der Waals surface area contributed by atoms with Gasteiger partial charge >= 0.3 is 0 Å². The zero-order valence-corrected chi connectivity index (χ0v) is 16.8. The fourth-order valence-corrected chi connectivity index (χ4v) is 4.08. The average molecular weight is 373 g/mol. The number of carbonyl (C=O) groups is 1. The third kappa shape index (κ3) is 5.35. The van der Waals surface area contributed by atoms with Crippen molar-refractivity contribution in [3.05, 3.63) is 35.5 Å². The number of aromatic nitrogens is 2. The molecule has 0 atom stereocenters. The summed E-state index contributed by atoms with van der Waals surface area (Å²) in [6, 6.07) is 5.83. The minimum absolute atomic E-state index is 0.243. The molecule has 0 unspecified atom stereocenters. The summed E-state index contributed by atoms with van der Waals surface area (Å²) in [6.07, 6.45) is 3.01. The zero-order chi connectivity index (χ0) is 18.6. The molecule has 0 aliphatic carbocycles. The van der Waals surface area contributed by atoms with Gasteiger partial charge in [0.05, 0.1) is 11.4 Å². The van der Waals surface area contributed by atoms with E-state index in [1.165, 1.54) is 0 Å². The Morgan fingerprint density at radius 1 is 1.19 bits per heavy atom. The normalized spacial score (nSPS) is 16.0. The number of piperazine rings is 1. The fourth-order valence-electron chi connectivity index (χ4n) is 3.25. The number of aryl methyl sites for hydroxylation is 1. The molecule has 0 spiro atoms. The first-order valence-electron chi connectivity index (χ1n) is 9.27. The van der Waals surface area contributed by atoms with Crippen LogP contribution in [-0.2, 0) is 11.2 Å². The SMILES string of the molecule is CC(C)(C)CN1CCN(C(=O)CCc2csc(-c3ccccn3)n2)CC1. The predicted octanol–water partition coefficient (Wildman–Crippen LogP) is 3.33. The number of rotatable bonds is 5. The van der Waals surface area contributed by atoms with Gasteiger partial charge in [-0.2, -0.15) is 0 Å². The van der Waals surface area contributed by atoms with E-state index in [-0.39, 0.29) is 5.91 Å². The molecule has 2 aromatic heterocycles. The summed E-state index contributed by atoms with van der Waals surface area (Å²) >= 11 is 1.59. The lowest BCUT2D eigenvalue weighted by Crippen LogP contribution is -2.50. The highest BCUT2D eigenvalue weighted by molar-refractivity contribution is 7.13. The summed E-state index contributed by atoms with van der Waals surface area (Å²) in [5.74, 6) is 0.243. The molecule has 0 radical (unpaired) electrons. The highest BCUT2D eigenvalue weighted by atomic mass is 32.1. The lowest BCUT2D eigenvalue weighted by Gasteiger charge is -2.37. The number of carbonyl (C=O) groups excluding carboxylic acids is 1. The third-order valence-corrected chi connectivity index (χ3v) is 5.37. The number of pyridine rings is 1. The molecule has 0 N–H and O–H groups in total. The van der Waals surface area contributed by atoms with Crippen LogP contribution in [0.2, 0.25) is 0 Å². The molecule has 0 saturated carbocycles. The van der Waals surface area contributed by atoms with Gasteiger partial charge in [0.2, 0.25) is 5.91 Å². The summed E-state index contributed by atoms with van der Waals surface area (Å²) in [6.45, 7) is 11.5. The quantitative estimate of drug-likeness (QED) is 0.808. The van der Waals surface area contributed by atoms with Crippen LogP contribution < -0.4 is 0 Å². The molecule has 26 heavy (non-hydrogen) atoms. The van der Waals surface area contributed by atoms with E-state index in [4.69, 9.17) is 0 Å². The van der Waals surface area contributed by atoms with Gasteiger partial charge in [-0.1, -0.05) is 26.8 Å². The topological polar surface area (TPSA) is 49.3 Å². The van der Waals surface area contributed by atoms with Crippen LogP contribution in [0.4, 0.5) is 0 Å². The summed E-state index contributed by atoms with van der Waals surface area (Å²) in [5.41, 5.74) is 2.18. The first-order valence-corrected chi connectivity index (χ1v) is 10.1. The second kappa shape index (κ2) is 8.27. The lowest BCUT2D eigenvalue weighted by molar-refractivity contribution is -0.133. The van der Waals surface area contributed by atoms with E-state index in [0.29, 0.717) is 18.3 Å². The minimum Gasteiger partial charge on any atom is -0.340 e. The second-order valence-electron chi connectivity index (χ2n) is 8.08. The van der Waals surface area contributed by atoms with Crippen LogP contribution in [-0.4, -0.2) is 58.4 Å². The number of nitrogens with zero attached hydrogens (tertiary/aromatic N) is 4. The van der Waals surface area contributed by atoms with E-state index in [2.05, 4.69) is 35.6 Å². The van der Waals surface area contributed by atoms with Gasteiger partial charge in [-0.05, 0) is 24.0 Å². The van der Waals surface area contributed by atoms with Crippen LogP contribution in [0.5, 0.6) is 0 Å². The fraction of sp³-hybridized carbons (Fsp3) is 0.550. The summed E-state index contributed by atoms with van der Waals surface area (Å²) < 4.78 is 0. The largest absolute Gasteiger partial charge is 0.340 e. The molecule has 3 heterocycles. The monoisotopic (exact) mass is 372 g/mol. The number of thiazole rings is 1. The Labute approximate surface area is 160 Å².